The Balaban J connectivity index is 1.94. The summed E-state index contributed by atoms with van der Waals surface area (Å²) in [5.41, 5.74) is 5.69. The second-order valence-electron chi connectivity index (χ2n) is 9.04. The third-order valence-electron chi connectivity index (χ3n) is 5.49. The lowest BCUT2D eigenvalue weighted by atomic mass is 9.86. The smallest absolute Gasteiger partial charge is 0.410 e. The number of hydrogen-bond donors (Lipinski definition) is 1. The molecular formula is C22H31FN4O4. The highest BCUT2D eigenvalue weighted by atomic mass is 19.1. The van der Waals surface area contributed by atoms with Gasteiger partial charge in [-0.15, -0.1) is 0 Å². The summed E-state index contributed by atoms with van der Waals surface area (Å²) in [6.07, 6.45) is 0.889. The first-order chi connectivity index (χ1) is 14.5. The number of hydrogen-bond acceptors (Lipinski definition) is 7. The molecule has 1 aliphatic heterocycles. The standard InChI is InChI=1S/C22H31FN4O4/c1-11-8-13(9-12(2)27(11)21(28)31-22(3,4)5)20-25-17-14(19(24)26-20)10-15(29-6)18(30-7)16(17)23/h10-13H,8-9H2,1-7H3,(H2,24,25,26). The van der Waals surface area contributed by atoms with Crippen LogP contribution in [-0.2, 0) is 4.74 Å². The molecule has 2 unspecified atom stereocenters. The zero-order valence-corrected chi connectivity index (χ0v) is 19.2. The number of methoxy groups -OCH3 is 2. The van der Waals surface area contributed by atoms with Crippen LogP contribution in [0.1, 0.15) is 59.2 Å². The maximum absolute atomic E-state index is 15.1. The highest BCUT2D eigenvalue weighted by Gasteiger charge is 2.38. The highest BCUT2D eigenvalue weighted by molar-refractivity contribution is 5.91. The van der Waals surface area contributed by atoms with Crippen LogP contribution in [0, 0.1) is 5.82 Å². The number of carbonyl (C=O) groups excluding carboxylic acids is 1. The quantitative estimate of drug-likeness (QED) is 0.770. The van der Waals surface area contributed by atoms with Crippen molar-refractivity contribution in [2.24, 2.45) is 0 Å². The molecule has 3 rings (SSSR count). The van der Waals surface area contributed by atoms with Crippen molar-refractivity contribution in [1.82, 2.24) is 14.9 Å². The first-order valence-corrected chi connectivity index (χ1v) is 10.4. The fourth-order valence-corrected chi connectivity index (χ4v) is 4.22. The summed E-state index contributed by atoms with van der Waals surface area (Å²) in [4.78, 5) is 23.4. The number of halogens is 1. The third-order valence-corrected chi connectivity index (χ3v) is 5.49. The Kier molecular flexibility index (Phi) is 6.16. The Morgan fingerprint density at radius 3 is 2.29 bits per heavy atom. The van der Waals surface area contributed by atoms with Crippen molar-refractivity contribution in [3.05, 3.63) is 17.7 Å². The minimum Gasteiger partial charge on any atom is -0.493 e. The molecule has 1 amide bonds. The molecule has 1 aliphatic rings. The summed E-state index contributed by atoms with van der Waals surface area (Å²) in [7, 11) is 2.80. The van der Waals surface area contributed by atoms with Gasteiger partial charge in [0.15, 0.2) is 17.3 Å². The predicted octanol–water partition coefficient (Wildman–Crippen LogP) is 4.26. The van der Waals surface area contributed by atoms with Gasteiger partial charge in [-0.1, -0.05) is 0 Å². The fourth-order valence-electron chi connectivity index (χ4n) is 4.22. The summed E-state index contributed by atoms with van der Waals surface area (Å²) in [6, 6.07) is 1.38. The number of nitrogens with two attached hydrogens (primary N) is 1. The number of nitrogens with zero attached hydrogens (tertiary/aromatic N) is 3. The van der Waals surface area contributed by atoms with Crippen molar-refractivity contribution >= 4 is 22.8 Å². The molecule has 170 valence electrons. The van der Waals surface area contributed by atoms with E-state index >= 15 is 4.39 Å². The van der Waals surface area contributed by atoms with Crippen LogP contribution in [-0.4, -0.2) is 52.9 Å². The summed E-state index contributed by atoms with van der Waals surface area (Å²) in [5.74, 6) is 0.111. The van der Waals surface area contributed by atoms with Crippen molar-refractivity contribution in [3.63, 3.8) is 0 Å². The lowest BCUT2D eigenvalue weighted by Gasteiger charge is -2.42. The molecule has 9 heteroatoms. The Labute approximate surface area is 181 Å². The molecule has 31 heavy (non-hydrogen) atoms. The predicted molar refractivity (Wildman–Crippen MR) is 116 cm³/mol. The fraction of sp³-hybridized carbons (Fsp3) is 0.591. The number of anilines is 1. The van der Waals surface area contributed by atoms with Crippen LogP contribution in [0.25, 0.3) is 10.9 Å². The number of carbonyl (C=O) groups is 1. The van der Waals surface area contributed by atoms with E-state index in [9.17, 15) is 4.79 Å². The first kappa shape index (κ1) is 22.8. The maximum atomic E-state index is 15.1. The van der Waals surface area contributed by atoms with E-state index in [1.54, 1.807) is 11.0 Å². The van der Waals surface area contributed by atoms with Gasteiger partial charge in [0.2, 0.25) is 0 Å². The monoisotopic (exact) mass is 434 g/mol. The van der Waals surface area contributed by atoms with E-state index in [1.165, 1.54) is 14.2 Å². The lowest BCUT2D eigenvalue weighted by molar-refractivity contribution is -0.00290. The topological polar surface area (TPSA) is 99.8 Å². The average Bonchev–Trinajstić information content (AvgIpc) is 2.66. The van der Waals surface area contributed by atoms with Gasteiger partial charge in [-0.2, -0.15) is 0 Å². The molecule has 0 radical (unpaired) electrons. The summed E-state index contributed by atoms with van der Waals surface area (Å²) in [5, 5.41) is 0.367. The molecule has 2 N–H and O–H groups in total. The van der Waals surface area contributed by atoms with Gasteiger partial charge in [-0.3, -0.25) is 0 Å². The van der Waals surface area contributed by atoms with Gasteiger partial charge >= 0.3 is 6.09 Å². The van der Waals surface area contributed by atoms with Crippen LogP contribution in [0.2, 0.25) is 0 Å². The van der Waals surface area contributed by atoms with Crippen molar-refractivity contribution in [3.8, 4) is 11.5 Å². The number of piperidine rings is 1. The zero-order chi connectivity index (χ0) is 23.1. The second kappa shape index (κ2) is 8.36. The number of fused-ring (bicyclic) bond motifs is 1. The van der Waals surface area contributed by atoms with Crippen LogP contribution in [0.3, 0.4) is 0 Å². The van der Waals surface area contributed by atoms with E-state index in [0.29, 0.717) is 24.1 Å². The van der Waals surface area contributed by atoms with Crippen molar-refractivity contribution < 1.29 is 23.4 Å². The number of nitrogen functional groups attached to an aromatic ring is 1. The van der Waals surface area contributed by atoms with Gasteiger partial charge < -0.3 is 24.8 Å². The molecule has 2 aromatic rings. The van der Waals surface area contributed by atoms with E-state index in [4.69, 9.17) is 19.9 Å². The van der Waals surface area contributed by atoms with E-state index in [2.05, 4.69) is 9.97 Å². The van der Waals surface area contributed by atoms with Crippen LogP contribution in [0.5, 0.6) is 11.5 Å². The molecule has 1 fully saturated rings. The number of aromatic nitrogens is 2. The van der Waals surface area contributed by atoms with Gasteiger partial charge in [0.1, 0.15) is 22.8 Å². The highest BCUT2D eigenvalue weighted by Crippen LogP contribution is 2.39. The van der Waals surface area contributed by atoms with E-state index < -0.39 is 11.4 Å². The molecule has 2 atom stereocenters. The number of ether oxygens (including phenoxy) is 3. The van der Waals surface area contributed by atoms with Crippen LogP contribution < -0.4 is 15.2 Å². The number of amides is 1. The maximum Gasteiger partial charge on any atom is 0.410 e. The van der Waals surface area contributed by atoms with Crippen molar-refractivity contribution in [1.29, 1.82) is 0 Å². The van der Waals surface area contributed by atoms with Crippen molar-refractivity contribution in [2.45, 2.75) is 71.1 Å². The van der Waals surface area contributed by atoms with Crippen LogP contribution in [0.15, 0.2) is 6.07 Å². The Morgan fingerprint density at radius 1 is 1.16 bits per heavy atom. The Bertz CT molecular complexity index is 980. The zero-order valence-electron chi connectivity index (χ0n) is 19.2. The second-order valence-corrected chi connectivity index (χ2v) is 9.04. The van der Waals surface area contributed by atoms with E-state index in [0.717, 1.165) is 0 Å². The molecule has 8 nitrogen and oxygen atoms in total. The number of rotatable bonds is 3. The molecule has 0 spiro atoms. The number of likely N-dealkylation sites (tertiary alicyclic amines) is 1. The van der Waals surface area contributed by atoms with Gasteiger partial charge in [-0.25, -0.2) is 19.2 Å². The number of benzene rings is 1. The molecule has 0 bridgehead atoms. The molecule has 0 aliphatic carbocycles. The molecular weight excluding hydrogens is 403 g/mol. The molecule has 1 aromatic heterocycles. The normalized spacial score (nSPS) is 21.8. The largest absolute Gasteiger partial charge is 0.493 e. The van der Waals surface area contributed by atoms with E-state index in [1.807, 2.05) is 34.6 Å². The van der Waals surface area contributed by atoms with Gasteiger partial charge in [0, 0.05) is 23.4 Å². The molecule has 2 heterocycles. The van der Waals surface area contributed by atoms with Crippen LogP contribution >= 0.6 is 0 Å². The molecule has 1 saturated heterocycles. The summed E-state index contributed by atoms with van der Waals surface area (Å²) >= 11 is 0. The SMILES string of the molecule is COc1cc2c(N)nc(C3CC(C)N(C(=O)OC(C)(C)C)C(C)C3)nc2c(F)c1OC. The minimum absolute atomic E-state index is 0.0273. The first-order valence-electron chi connectivity index (χ1n) is 10.4. The van der Waals surface area contributed by atoms with Crippen LogP contribution in [0.4, 0.5) is 15.0 Å². The van der Waals surface area contributed by atoms with Gasteiger partial charge in [-0.05, 0) is 53.5 Å². The average molecular weight is 435 g/mol. The Hall–Kier alpha value is -2.84. The van der Waals surface area contributed by atoms with Crippen molar-refractivity contribution in [2.75, 3.05) is 20.0 Å². The Morgan fingerprint density at radius 2 is 1.77 bits per heavy atom. The molecule has 0 saturated carbocycles. The van der Waals surface area contributed by atoms with Gasteiger partial charge in [0.25, 0.3) is 0 Å². The van der Waals surface area contributed by atoms with Gasteiger partial charge in [0.05, 0.1) is 14.2 Å². The lowest BCUT2D eigenvalue weighted by Crippen LogP contribution is -2.51. The minimum atomic E-state index is -0.639. The third kappa shape index (κ3) is 4.45. The van der Waals surface area contributed by atoms with E-state index in [-0.39, 0.29) is 46.9 Å². The molecule has 1 aromatic carbocycles. The summed E-state index contributed by atoms with van der Waals surface area (Å²) in [6.45, 7) is 9.46. The summed E-state index contributed by atoms with van der Waals surface area (Å²) < 4.78 is 31.0.